The van der Waals surface area contributed by atoms with Crippen LogP contribution in [0.1, 0.15) is 85.4 Å². The molecule has 47 heavy (non-hydrogen) atoms. The minimum Gasteiger partial charge on any atom is -0.386 e. The predicted molar refractivity (Wildman–Crippen MR) is 196 cm³/mol. The van der Waals surface area contributed by atoms with E-state index in [1.807, 2.05) is 79.7 Å². The molecule has 1 saturated heterocycles. The van der Waals surface area contributed by atoms with Crippen molar-refractivity contribution in [3.05, 3.63) is 107 Å². The van der Waals surface area contributed by atoms with E-state index in [2.05, 4.69) is 24.5 Å². The number of rotatable bonds is 9. The van der Waals surface area contributed by atoms with Crippen molar-refractivity contribution in [3.8, 4) is 0 Å². The Balaban J connectivity index is 0. The van der Waals surface area contributed by atoms with Crippen LogP contribution in [0, 0.1) is 18.6 Å². The summed E-state index contributed by atoms with van der Waals surface area (Å²) >= 11 is 0. The second kappa shape index (κ2) is 28.2. The van der Waals surface area contributed by atoms with Crippen LogP contribution < -0.4 is 10.6 Å². The number of carbonyl (C=O) groups excluding carboxylic acids is 2. The minimum absolute atomic E-state index is 0.0495. The highest BCUT2D eigenvalue weighted by Gasteiger charge is 2.33. The number of nitrogens with one attached hydrogen (secondary N) is 2. The highest BCUT2D eigenvalue weighted by atomic mass is 19.1. The van der Waals surface area contributed by atoms with Gasteiger partial charge >= 0.3 is 0 Å². The van der Waals surface area contributed by atoms with Crippen LogP contribution in [-0.4, -0.2) is 43.6 Å². The van der Waals surface area contributed by atoms with Gasteiger partial charge in [0.05, 0.1) is 11.4 Å². The lowest BCUT2D eigenvalue weighted by molar-refractivity contribution is -0.127. The number of hydrogen-bond acceptors (Lipinski definition) is 4. The lowest BCUT2D eigenvalue weighted by Gasteiger charge is -2.26. The molecule has 262 valence electrons. The van der Waals surface area contributed by atoms with E-state index in [4.69, 9.17) is 4.74 Å². The van der Waals surface area contributed by atoms with Gasteiger partial charge in [-0.05, 0) is 79.8 Å². The molecule has 1 fully saturated rings. The van der Waals surface area contributed by atoms with Gasteiger partial charge in [0.2, 0.25) is 6.41 Å². The first-order valence-corrected chi connectivity index (χ1v) is 16.8. The first-order valence-electron chi connectivity index (χ1n) is 16.8. The van der Waals surface area contributed by atoms with Gasteiger partial charge in [-0.25, -0.2) is 8.78 Å². The smallest absolute Gasteiger partial charge is 0.250 e. The zero-order valence-electron chi connectivity index (χ0n) is 30.5. The van der Waals surface area contributed by atoms with E-state index in [-0.39, 0.29) is 24.1 Å². The summed E-state index contributed by atoms with van der Waals surface area (Å²) in [4.78, 5) is 24.9. The monoisotopic (exact) mass is 655 g/mol. The minimum atomic E-state index is -0.424. The van der Waals surface area contributed by atoms with E-state index in [9.17, 15) is 18.4 Å². The summed E-state index contributed by atoms with van der Waals surface area (Å²) in [5.74, 6) is -0.493. The van der Waals surface area contributed by atoms with Crippen molar-refractivity contribution in [2.75, 3.05) is 30.8 Å². The Morgan fingerprint density at radius 1 is 0.872 bits per heavy atom. The lowest BCUT2D eigenvalue weighted by Crippen LogP contribution is -2.37. The van der Waals surface area contributed by atoms with Crippen molar-refractivity contribution in [2.45, 2.75) is 94.7 Å². The second-order valence-corrected chi connectivity index (χ2v) is 9.56. The van der Waals surface area contributed by atoms with Gasteiger partial charge in [-0.15, -0.1) is 0 Å². The Bertz CT molecular complexity index is 1240. The standard InChI is InChI=1S/C23H26FN3O3.C7H7F.C3H8.3C2H6/c1-3-18(12-16-4-7-19(24)8-5-16)23-27(22(29)14-30-23)11-10-17-6-9-20(26-15-28)21(13-17)25-2;1-6-2-4-7(8)5-3-6;1-3-2;3*1-2/h3-9,13,15,23,25H,10-12,14H2,1-2H3,(H,26,28);2-5H,1H3;3H2,1-2H3;3*1-2H3/b18-3+;;;;;. The van der Waals surface area contributed by atoms with E-state index in [0.717, 1.165) is 28.0 Å². The van der Waals surface area contributed by atoms with Crippen molar-refractivity contribution < 1.29 is 23.1 Å². The molecule has 3 aromatic carbocycles. The summed E-state index contributed by atoms with van der Waals surface area (Å²) in [6.45, 7) is 20.7. The van der Waals surface area contributed by atoms with E-state index in [0.29, 0.717) is 31.5 Å². The summed E-state index contributed by atoms with van der Waals surface area (Å²) < 4.78 is 31.1. The third kappa shape index (κ3) is 17.5. The molecule has 4 rings (SSSR count). The van der Waals surface area contributed by atoms with Gasteiger partial charge < -0.3 is 20.3 Å². The molecular weight excluding hydrogens is 596 g/mol. The van der Waals surface area contributed by atoms with E-state index < -0.39 is 6.23 Å². The summed E-state index contributed by atoms with van der Waals surface area (Å²) in [5, 5.41) is 5.72. The normalized spacial score (nSPS) is 13.0. The Hall–Kier alpha value is -4.04. The zero-order valence-corrected chi connectivity index (χ0v) is 30.5. The highest BCUT2D eigenvalue weighted by molar-refractivity contribution is 5.81. The fourth-order valence-corrected chi connectivity index (χ4v) is 4.10. The number of ether oxygens (including phenoxy) is 1. The van der Waals surface area contributed by atoms with E-state index in [1.54, 1.807) is 36.2 Å². The van der Waals surface area contributed by atoms with Crippen molar-refractivity contribution in [2.24, 2.45) is 0 Å². The van der Waals surface area contributed by atoms with Gasteiger partial charge in [0.1, 0.15) is 18.2 Å². The Morgan fingerprint density at radius 2 is 1.38 bits per heavy atom. The fraction of sp³-hybridized carbons (Fsp3) is 0.436. The highest BCUT2D eigenvalue weighted by Crippen LogP contribution is 2.25. The number of aryl methyl sites for hydroxylation is 1. The van der Waals surface area contributed by atoms with Crippen molar-refractivity contribution in [1.82, 2.24) is 4.90 Å². The lowest BCUT2D eigenvalue weighted by atomic mass is 10.0. The van der Waals surface area contributed by atoms with Gasteiger partial charge in [0.25, 0.3) is 5.91 Å². The van der Waals surface area contributed by atoms with Crippen molar-refractivity contribution in [1.29, 1.82) is 0 Å². The molecule has 3 aromatic rings. The molecule has 0 bridgehead atoms. The summed E-state index contributed by atoms with van der Waals surface area (Å²) in [6.07, 6.45) is 4.66. The number of anilines is 2. The number of carbonyl (C=O) groups is 2. The van der Waals surface area contributed by atoms with Crippen LogP contribution >= 0.6 is 0 Å². The molecule has 1 heterocycles. The van der Waals surface area contributed by atoms with Gasteiger partial charge in [0.15, 0.2) is 6.23 Å². The van der Waals surface area contributed by atoms with Crippen molar-refractivity contribution in [3.63, 3.8) is 0 Å². The van der Waals surface area contributed by atoms with Crippen LogP contribution in [0.5, 0.6) is 0 Å². The number of allylic oxidation sites excluding steroid dienone is 1. The summed E-state index contributed by atoms with van der Waals surface area (Å²) in [6, 6.07) is 18.5. The average molecular weight is 656 g/mol. The van der Waals surface area contributed by atoms with Crippen molar-refractivity contribution >= 4 is 23.7 Å². The quantitative estimate of drug-likeness (QED) is 0.178. The average Bonchev–Trinajstić information content (AvgIpc) is 3.48. The van der Waals surface area contributed by atoms with Crippen LogP contribution in [0.15, 0.2) is 78.4 Å². The number of hydrogen-bond donors (Lipinski definition) is 2. The van der Waals surface area contributed by atoms with Crippen LogP contribution in [-0.2, 0) is 27.2 Å². The molecule has 0 radical (unpaired) electrons. The first-order chi connectivity index (χ1) is 22.8. The van der Waals surface area contributed by atoms with Crippen LogP contribution in [0.25, 0.3) is 0 Å². The molecule has 1 aliphatic rings. The molecule has 1 aliphatic heterocycles. The summed E-state index contributed by atoms with van der Waals surface area (Å²) in [7, 11) is 1.79. The van der Waals surface area contributed by atoms with Gasteiger partial charge in [-0.3, -0.25) is 9.59 Å². The molecule has 1 unspecified atom stereocenters. The molecule has 6 nitrogen and oxygen atoms in total. The predicted octanol–water partition coefficient (Wildman–Crippen LogP) is 9.98. The second-order valence-electron chi connectivity index (χ2n) is 9.56. The van der Waals surface area contributed by atoms with Crippen LogP contribution in [0.4, 0.5) is 20.2 Å². The van der Waals surface area contributed by atoms with E-state index >= 15 is 0 Å². The van der Waals surface area contributed by atoms with E-state index in [1.165, 1.54) is 30.7 Å². The van der Waals surface area contributed by atoms with Crippen LogP contribution in [0.2, 0.25) is 0 Å². The topological polar surface area (TPSA) is 70.7 Å². The largest absolute Gasteiger partial charge is 0.386 e. The Morgan fingerprint density at radius 3 is 1.85 bits per heavy atom. The molecule has 0 spiro atoms. The molecule has 2 amide bonds. The molecule has 0 saturated carbocycles. The third-order valence-corrected chi connectivity index (χ3v) is 6.20. The molecular formula is C39H59F2N3O3. The molecule has 2 N–H and O–H groups in total. The first kappa shape index (κ1) is 45.1. The molecule has 8 heteroatoms. The van der Waals surface area contributed by atoms with Crippen LogP contribution in [0.3, 0.4) is 0 Å². The number of nitrogens with zero attached hydrogens (tertiary/aromatic N) is 1. The third-order valence-electron chi connectivity index (χ3n) is 6.20. The maximum atomic E-state index is 13.2. The number of benzene rings is 3. The Kier molecular flexibility index (Phi) is 27.1. The summed E-state index contributed by atoms with van der Waals surface area (Å²) in [5.41, 5.74) is 5.57. The van der Waals surface area contributed by atoms with Gasteiger partial charge in [-0.1, -0.05) is 104 Å². The maximum Gasteiger partial charge on any atom is 0.250 e. The maximum absolute atomic E-state index is 13.2. The fourth-order valence-electron chi connectivity index (χ4n) is 4.10. The SMILES string of the molecule is C/C=C(\Cc1ccc(F)cc1)C1OCC(=O)N1CCc1ccc(NC=O)c(NC)c1.CC.CC.CC.CCC.Cc1ccc(F)cc1. The zero-order chi connectivity index (χ0) is 36.2. The molecule has 0 aromatic heterocycles. The number of amides is 2. The Labute approximate surface area is 283 Å². The number of halogens is 2. The molecule has 1 atom stereocenters. The van der Waals surface area contributed by atoms with Gasteiger partial charge in [0, 0.05) is 13.6 Å². The van der Waals surface area contributed by atoms with Gasteiger partial charge in [-0.2, -0.15) is 0 Å². The molecule has 0 aliphatic carbocycles.